The van der Waals surface area contributed by atoms with Crippen molar-refractivity contribution >= 4 is 11.6 Å². The summed E-state index contributed by atoms with van der Waals surface area (Å²) in [6.45, 7) is 3.74. The molecule has 1 aliphatic rings. The molecule has 6 nitrogen and oxygen atoms in total. The Morgan fingerprint density at radius 2 is 2.05 bits per heavy atom. The van der Waals surface area contributed by atoms with Crippen molar-refractivity contribution in [2.45, 2.75) is 19.4 Å². The van der Waals surface area contributed by atoms with Crippen molar-refractivity contribution < 1.29 is 4.79 Å². The van der Waals surface area contributed by atoms with E-state index in [0.29, 0.717) is 12.2 Å². The Bertz CT molecular complexity index is 492. The Kier molecular flexibility index (Phi) is 4.57. The molecule has 1 aromatic heterocycles. The summed E-state index contributed by atoms with van der Waals surface area (Å²) in [6, 6.07) is 2.90. The van der Waals surface area contributed by atoms with Crippen LogP contribution in [0.1, 0.15) is 12.8 Å². The van der Waals surface area contributed by atoms with E-state index < -0.39 is 0 Å². The van der Waals surface area contributed by atoms with Crippen molar-refractivity contribution in [1.82, 2.24) is 14.8 Å². The van der Waals surface area contributed by atoms with Gasteiger partial charge in [-0.15, -0.1) is 0 Å². The first-order valence-electron chi connectivity index (χ1n) is 6.60. The molecule has 0 aromatic carbocycles. The topological polar surface area (TPSA) is 80.4 Å². The zero-order valence-corrected chi connectivity index (χ0v) is 11.0. The fourth-order valence-corrected chi connectivity index (χ4v) is 2.24. The molecule has 2 heterocycles. The van der Waals surface area contributed by atoms with Crippen LogP contribution in [0.5, 0.6) is 0 Å². The van der Waals surface area contributed by atoms with Gasteiger partial charge in [0, 0.05) is 31.0 Å². The summed E-state index contributed by atoms with van der Waals surface area (Å²) in [5, 5.41) is 2.82. The fourth-order valence-electron chi connectivity index (χ4n) is 2.24. The summed E-state index contributed by atoms with van der Waals surface area (Å²) in [5.41, 5.74) is 5.85. The smallest absolute Gasteiger partial charge is 0.251 e. The second-order valence-corrected chi connectivity index (χ2v) is 4.83. The number of aromatic nitrogens is 1. The molecule has 0 unspecified atom stereocenters. The Balaban J connectivity index is 1.77. The lowest BCUT2D eigenvalue weighted by atomic mass is 10.4. The first-order valence-corrected chi connectivity index (χ1v) is 6.60. The van der Waals surface area contributed by atoms with E-state index >= 15 is 0 Å². The molecule has 0 atom stereocenters. The molecular weight excluding hydrogens is 244 g/mol. The van der Waals surface area contributed by atoms with Crippen LogP contribution in [0.2, 0.25) is 0 Å². The maximum Gasteiger partial charge on any atom is 0.251 e. The molecule has 6 heteroatoms. The highest BCUT2D eigenvalue weighted by molar-refractivity contribution is 5.75. The van der Waals surface area contributed by atoms with Gasteiger partial charge in [0.1, 0.15) is 6.54 Å². The summed E-state index contributed by atoms with van der Waals surface area (Å²) in [5.74, 6) is -0.160. The first kappa shape index (κ1) is 13.6. The average Bonchev–Trinajstić information content (AvgIpc) is 2.87. The number of pyridine rings is 1. The van der Waals surface area contributed by atoms with Crippen LogP contribution in [-0.2, 0) is 11.3 Å². The van der Waals surface area contributed by atoms with Crippen LogP contribution in [0.15, 0.2) is 23.1 Å². The van der Waals surface area contributed by atoms with Gasteiger partial charge >= 0.3 is 0 Å². The number of anilines is 1. The minimum absolute atomic E-state index is 0.0177. The van der Waals surface area contributed by atoms with Gasteiger partial charge in [-0.25, -0.2) is 0 Å². The monoisotopic (exact) mass is 264 g/mol. The number of amides is 1. The Morgan fingerprint density at radius 1 is 1.32 bits per heavy atom. The number of hydrogen-bond donors (Lipinski definition) is 2. The van der Waals surface area contributed by atoms with Gasteiger partial charge in [0.15, 0.2) is 0 Å². The number of nitrogens with one attached hydrogen (secondary N) is 1. The minimum Gasteiger partial charge on any atom is -0.398 e. The minimum atomic E-state index is -0.219. The van der Waals surface area contributed by atoms with Gasteiger partial charge in [-0.05, 0) is 32.0 Å². The van der Waals surface area contributed by atoms with Gasteiger partial charge in [-0.3, -0.25) is 9.59 Å². The van der Waals surface area contributed by atoms with Gasteiger partial charge in [0.25, 0.3) is 5.56 Å². The van der Waals surface area contributed by atoms with E-state index in [0.717, 1.165) is 19.6 Å². The van der Waals surface area contributed by atoms with Crippen LogP contribution >= 0.6 is 0 Å². The van der Waals surface area contributed by atoms with Gasteiger partial charge in [-0.1, -0.05) is 0 Å². The van der Waals surface area contributed by atoms with Crippen LogP contribution in [0.25, 0.3) is 0 Å². The molecule has 19 heavy (non-hydrogen) atoms. The number of carbonyl (C=O) groups is 1. The number of hydrogen-bond acceptors (Lipinski definition) is 4. The van der Waals surface area contributed by atoms with Crippen LogP contribution in [0.3, 0.4) is 0 Å². The molecule has 0 aliphatic carbocycles. The molecule has 0 bridgehead atoms. The zero-order valence-electron chi connectivity index (χ0n) is 11.0. The van der Waals surface area contributed by atoms with E-state index in [9.17, 15) is 9.59 Å². The second-order valence-electron chi connectivity index (χ2n) is 4.83. The summed E-state index contributed by atoms with van der Waals surface area (Å²) in [7, 11) is 0. The van der Waals surface area contributed by atoms with Crippen molar-refractivity contribution in [2.24, 2.45) is 0 Å². The lowest BCUT2D eigenvalue weighted by Gasteiger charge is -2.15. The number of nitrogens with zero attached hydrogens (tertiary/aromatic N) is 2. The molecule has 1 aliphatic heterocycles. The van der Waals surface area contributed by atoms with Crippen molar-refractivity contribution in [1.29, 1.82) is 0 Å². The van der Waals surface area contributed by atoms with Crippen molar-refractivity contribution in [3.8, 4) is 0 Å². The molecule has 104 valence electrons. The Labute approximate surface area is 112 Å². The molecule has 0 spiro atoms. The maximum atomic E-state index is 11.7. The summed E-state index contributed by atoms with van der Waals surface area (Å²) < 4.78 is 1.32. The third kappa shape index (κ3) is 4.10. The zero-order chi connectivity index (χ0) is 13.7. The van der Waals surface area contributed by atoms with Crippen molar-refractivity contribution in [3.05, 3.63) is 28.7 Å². The van der Waals surface area contributed by atoms with Crippen LogP contribution in [-0.4, -0.2) is 41.6 Å². The molecule has 1 aromatic rings. The number of carbonyl (C=O) groups excluding carboxylic acids is 1. The molecule has 0 radical (unpaired) electrons. The van der Waals surface area contributed by atoms with E-state index in [1.54, 1.807) is 0 Å². The molecule has 1 fully saturated rings. The molecule has 3 N–H and O–H groups in total. The third-order valence-corrected chi connectivity index (χ3v) is 3.27. The van der Waals surface area contributed by atoms with E-state index in [2.05, 4.69) is 10.2 Å². The second kappa shape index (κ2) is 6.38. The first-order chi connectivity index (χ1) is 9.15. The lowest BCUT2D eigenvalue weighted by molar-refractivity contribution is -0.121. The normalized spacial score (nSPS) is 15.6. The SMILES string of the molecule is Nc1ccc(=O)n(CC(=O)NCCN2CCCC2)c1. The maximum absolute atomic E-state index is 11.7. The predicted molar refractivity (Wildman–Crippen MR) is 73.8 cm³/mol. The molecule has 2 rings (SSSR count). The summed E-state index contributed by atoms with van der Waals surface area (Å²) in [6.07, 6.45) is 3.97. The van der Waals surface area contributed by atoms with Crippen LogP contribution in [0, 0.1) is 0 Å². The molecule has 0 saturated carbocycles. The highest BCUT2D eigenvalue weighted by atomic mass is 16.2. The van der Waals surface area contributed by atoms with Gasteiger partial charge in [0.2, 0.25) is 5.91 Å². The van der Waals surface area contributed by atoms with Crippen LogP contribution in [0.4, 0.5) is 5.69 Å². The quantitative estimate of drug-likeness (QED) is 0.761. The summed E-state index contributed by atoms with van der Waals surface area (Å²) in [4.78, 5) is 25.6. The Hall–Kier alpha value is -1.82. The van der Waals surface area contributed by atoms with Crippen molar-refractivity contribution in [3.63, 3.8) is 0 Å². The molecular formula is C13H20N4O2. The highest BCUT2D eigenvalue weighted by Gasteiger charge is 2.11. The highest BCUT2D eigenvalue weighted by Crippen LogP contribution is 2.05. The van der Waals surface area contributed by atoms with Crippen LogP contribution < -0.4 is 16.6 Å². The van der Waals surface area contributed by atoms with Crippen molar-refractivity contribution in [2.75, 3.05) is 31.9 Å². The number of rotatable bonds is 5. The largest absolute Gasteiger partial charge is 0.398 e. The molecule has 1 amide bonds. The van der Waals surface area contributed by atoms with E-state index in [4.69, 9.17) is 5.73 Å². The number of nitrogens with two attached hydrogens (primary N) is 1. The van der Waals surface area contributed by atoms with E-state index in [1.807, 2.05) is 0 Å². The predicted octanol–water partition coefficient (Wildman–Crippen LogP) is -0.357. The number of likely N-dealkylation sites (tertiary alicyclic amines) is 1. The summed E-state index contributed by atoms with van der Waals surface area (Å²) >= 11 is 0. The average molecular weight is 264 g/mol. The fraction of sp³-hybridized carbons (Fsp3) is 0.538. The van der Waals surface area contributed by atoms with Gasteiger partial charge in [-0.2, -0.15) is 0 Å². The van der Waals surface area contributed by atoms with Gasteiger partial charge < -0.3 is 20.5 Å². The third-order valence-electron chi connectivity index (χ3n) is 3.27. The van der Waals surface area contributed by atoms with E-state index in [1.165, 1.54) is 35.7 Å². The standard InChI is InChI=1S/C13H20N4O2/c14-11-3-4-13(19)17(9-11)10-12(18)15-5-8-16-6-1-2-7-16/h3-4,9H,1-2,5-8,10,14H2,(H,15,18). The molecule has 1 saturated heterocycles. The van der Waals surface area contributed by atoms with E-state index in [-0.39, 0.29) is 18.0 Å². The number of nitrogen functional groups attached to an aromatic ring is 1. The Morgan fingerprint density at radius 3 is 2.79 bits per heavy atom. The van der Waals surface area contributed by atoms with Gasteiger partial charge in [0.05, 0.1) is 0 Å². The lowest BCUT2D eigenvalue weighted by Crippen LogP contribution is -2.36.